The van der Waals surface area contributed by atoms with Crippen molar-refractivity contribution >= 4 is 27.1 Å². The molecule has 2 rings (SSSR count). The van der Waals surface area contributed by atoms with E-state index in [0.717, 1.165) is 17.3 Å². The number of pyridine rings is 1. The van der Waals surface area contributed by atoms with E-state index in [-0.39, 0.29) is 6.54 Å². The normalized spacial score (nSPS) is 12.1. The Hall–Kier alpha value is -1.67. The van der Waals surface area contributed by atoms with Crippen LogP contribution in [0.3, 0.4) is 0 Å². The number of aromatic nitrogens is 3. The minimum absolute atomic E-state index is 0.254. The molecule has 0 unspecified atom stereocenters. The number of nitrogens with zero attached hydrogens (tertiary/aromatic N) is 3. The molecule has 0 aromatic carbocycles. The summed E-state index contributed by atoms with van der Waals surface area (Å²) < 4.78 is 26.1. The second kappa shape index (κ2) is 4.54. The van der Waals surface area contributed by atoms with Gasteiger partial charge in [0.1, 0.15) is 5.52 Å². The number of aryl methyl sites for hydroxylation is 1. The van der Waals surface area contributed by atoms with Gasteiger partial charge in [-0.1, -0.05) is 0 Å². The lowest BCUT2D eigenvalue weighted by molar-refractivity contribution is 0.580. The number of nitrogens with two attached hydrogens (primary N) is 1. The van der Waals surface area contributed by atoms with Crippen LogP contribution < -0.4 is 10.5 Å². The Morgan fingerprint density at radius 3 is 2.89 bits per heavy atom. The fourth-order valence-corrected chi connectivity index (χ4v) is 2.18. The molecule has 2 aromatic rings. The van der Waals surface area contributed by atoms with E-state index in [2.05, 4.69) is 14.7 Å². The lowest BCUT2D eigenvalue weighted by atomic mass is 10.3. The summed E-state index contributed by atoms with van der Waals surface area (Å²) >= 11 is 0. The highest BCUT2D eigenvalue weighted by Crippen LogP contribution is 2.18. The van der Waals surface area contributed by atoms with Gasteiger partial charge in [-0.3, -0.25) is 4.57 Å². The third-order valence-corrected chi connectivity index (χ3v) is 3.29. The van der Waals surface area contributed by atoms with E-state index in [1.54, 1.807) is 10.8 Å². The van der Waals surface area contributed by atoms with E-state index in [0.29, 0.717) is 18.1 Å². The molecule has 0 radical (unpaired) electrons. The maximum Gasteiger partial charge on any atom is 0.208 e. The molecule has 0 aliphatic rings. The number of imidazole rings is 1. The fourth-order valence-electron chi connectivity index (χ4n) is 1.72. The topological polar surface area (TPSA) is 103 Å². The van der Waals surface area contributed by atoms with Gasteiger partial charge in [0.2, 0.25) is 16.0 Å². The van der Waals surface area contributed by atoms with Crippen LogP contribution in [0.15, 0.2) is 12.3 Å². The number of hydrogen-bond acceptors (Lipinski definition) is 5. The van der Waals surface area contributed by atoms with Gasteiger partial charge in [0.15, 0.2) is 5.65 Å². The Bertz CT molecular complexity index is 677. The molecule has 18 heavy (non-hydrogen) atoms. The molecule has 0 fully saturated rings. The van der Waals surface area contributed by atoms with Crippen molar-refractivity contribution in [2.75, 3.05) is 18.5 Å². The third-order valence-electron chi connectivity index (χ3n) is 2.56. The monoisotopic (exact) mass is 269 g/mol. The predicted molar refractivity (Wildman–Crippen MR) is 69.5 cm³/mol. The first kappa shape index (κ1) is 12.8. The first-order valence-electron chi connectivity index (χ1n) is 5.40. The summed E-state index contributed by atoms with van der Waals surface area (Å²) in [6.07, 6.45) is 2.80. The van der Waals surface area contributed by atoms with Crippen molar-refractivity contribution < 1.29 is 8.42 Å². The van der Waals surface area contributed by atoms with E-state index >= 15 is 0 Å². The van der Waals surface area contributed by atoms with Gasteiger partial charge in [-0.25, -0.2) is 23.1 Å². The standard InChI is InChI=1S/C10H15N5O2S/c1-7-3-4-12-9-8(7)14-10(11)15(9)6-5-13-18(2,16)17/h3-4,13H,5-6H2,1-2H3,(H2,11,14). The van der Waals surface area contributed by atoms with Gasteiger partial charge in [0, 0.05) is 19.3 Å². The van der Waals surface area contributed by atoms with Crippen molar-refractivity contribution in [3.05, 3.63) is 17.8 Å². The lowest BCUT2D eigenvalue weighted by Gasteiger charge is -2.06. The van der Waals surface area contributed by atoms with Gasteiger partial charge < -0.3 is 5.73 Å². The summed E-state index contributed by atoms with van der Waals surface area (Å²) in [5.41, 5.74) is 8.21. The number of hydrogen-bond donors (Lipinski definition) is 2. The minimum atomic E-state index is -3.20. The Balaban J connectivity index is 2.28. The zero-order valence-corrected chi connectivity index (χ0v) is 11.0. The van der Waals surface area contributed by atoms with E-state index in [4.69, 9.17) is 5.73 Å². The van der Waals surface area contributed by atoms with Crippen LogP contribution >= 0.6 is 0 Å². The van der Waals surface area contributed by atoms with Crippen LogP contribution in [-0.4, -0.2) is 35.8 Å². The first-order chi connectivity index (χ1) is 8.38. The molecule has 0 amide bonds. The molecule has 98 valence electrons. The summed E-state index contributed by atoms with van der Waals surface area (Å²) in [6, 6.07) is 1.86. The van der Waals surface area contributed by atoms with Crippen molar-refractivity contribution in [1.82, 2.24) is 19.3 Å². The molecule has 0 atom stereocenters. The largest absolute Gasteiger partial charge is 0.369 e. The Labute approximate surface area is 105 Å². The third kappa shape index (κ3) is 2.59. The number of sulfonamides is 1. The summed E-state index contributed by atoms with van der Waals surface area (Å²) in [4.78, 5) is 8.45. The van der Waals surface area contributed by atoms with Crippen LogP contribution in [0.1, 0.15) is 5.56 Å². The summed E-state index contributed by atoms with van der Waals surface area (Å²) in [7, 11) is -3.20. The summed E-state index contributed by atoms with van der Waals surface area (Å²) in [5, 5.41) is 0. The summed E-state index contributed by atoms with van der Waals surface area (Å²) in [5.74, 6) is 0.335. The van der Waals surface area contributed by atoms with Gasteiger partial charge in [-0.05, 0) is 18.6 Å². The molecular weight excluding hydrogens is 254 g/mol. The average Bonchev–Trinajstić information content (AvgIpc) is 2.56. The molecule has 2 heterocycles. The SMILES string of the molecule is Cc1ccnc2c1nc(N)n2CCNS(C)(=O)=O. The number of rotatable bonds is 4. The van der Waals surface area contributed by atoms with Gasteiger partial charge in [0.05, 0.1) is 6.26 Å². The number of nitrogen functional groups attached to an aromatic ring is 1. The van der Waals surface area contributed by atoms with Crippen molar-refractivity contribution in [2.45, 2.75) is 13.5 Å². The molecule has 2 aromatic heterocycles. The number of nitrogens with one attached hydrogen (secondary N) is 1. The average molecular weight is 269 g/mol. The smallest absolute Gasteiger partial charge is 0.208 e. The molecule has 7 nitrogen and oxygen atoms in total. The Morgan fingerprint density at radius 2 is 2.22 bits per heavy atom. The highest BCUT2D eigenvalue weighted by molar-refractivity contribution is 7.88. The van der Waals surface area contributed by atoms with Crippen LogP contribution in [0.25, 0.3) is 11.2 Å². The lowest BCUT2D eigenvalue weighted by Crippen LogP contribution is -2.26. The molecule has 3 N–H and O–H groups in total. The molecule has 0 saturated heterocycles. The van der Waals surface area contributed by atoms with Crippen LogP contribution in [0, 0.1) is 6.92 Å². The maximum absolute atomic E-state index is 11.0. The molecule has 0 bridgehead atoms. The molecular formula is C10H15N5O2S. The Kier molecular flexibility index (Phi) is 3.22. The summed E-state index contributed by atoms with van der Waals surface area (Å²) in [6.45, 7) is 2.57. The van der Waals surface area contributed by atoms with Gasteiger partial charge in [-0.15, -0.1) is 0 Å². The predicted octanol–water partition coefficient (Wildman–Crippen LogP) is -0.129. The van der Waals surface area contributed by atoms with Gasteiger partial charge in [0.25, 0.3) is 0 Å². The second-order valence-electron chi connectivity index (χ2n) is 4.09. The highest BCUT2D eigenvalue weighted by Gasteiger charge is 2.11. The molecule has 0 saturated carbocycles. The van der Waals surface area contributed by atoms with Crippen molar-refractivity contribution in [3.63, 3.8) is 0 Å². The molecule has 0 spiro atoms. The zero-order valence-electron chi connectivity index (χ0n) is 10.2. The van der Waals surface area contributed by atoms with E-state index in [1.165, 1.54) is 0 Å². The van der Waals surface area contributed by atoms with E-state index in [9.17, 15) is 8.42 Å². The van der Waals surface area contributed by atoms with Crippen molar-refractivity contribution in [2.24, 2.45) is 0 Å². The van der Waals surface area contributed by atoms with Crippen LogP contribution in [0.5, 0.6) is 0 Å². The number of anilines is 1. The Morgan fingerprint density at radius 1 is 1.50 bits per heavy atom. The van der Waals surface area contributed by atoms with Crippen LogP contribution in [-0.2, 0) is 16.6 Å². The van der Waals surface area contributed by atoms with E-state index < -0.39 is 10.0 Å². The molecule has 0 aliphatic carbocycles. The van der Waals surface area contributed by atoms with Crippen LogP contribution in [0.2, 0.25) is 0 Å². The van der Waals surface area contributed by atoms with Crippen molar-refractivity contribution in [1.29, 1.82) is 0 Å². The fraction of sp³-hybridized carbons (Fsp3) is 0.400. The van der Waals surface area contributed by atoms with Crippen molar-refractivity contribution in [3.8, 4) is 0 Å². The highest BCUT2D eigenvalue weighted by atomic mass is 32.2. The van der Waals surface area contributed by atoms with Gasteiger partial charge in [-0.2, -0.15) is 0 Å². The maximum atomic E-state index is 11.0. The second-order valence-corrected chi connectivity index (χ2v) is 5.92. The first-order valence-corrected chi connectivity index (χ1v) is 7.29. The van der Waals surface area contributed by atoms with Gasteiger partial charge >= 0.3 is 0 Å². The quantitative estimate of drug-likeness (QED) is 0.805. The zero-order chi connectivity index (χ0) is 13.3. The number of fused-ring (bicyclic) bond motifs is 1. The molecule has 8 heteroatoms. The minimum Gasteiger partial charge on any atom is -0.369 e. The van der Waals surface area contributed by atoms with E-state index in [1.807, 2.05) is 13.0 Å². The van der Waals surface area contributed by atoms with Crippen LogP contribution in [0.4, 0.5) is 5.95 Å². The molecule has 0 aliphatic heterocycles.